The first kappa shape index (κ1) is 17.7. The summed E-state index contributed by atoms with van der Waals surface area (Å²) in [6.45, 7) is 6.16. The van der Waals surface area contributed by atoms with Gasteiger partial charge >= 0.3 is 0 Å². The quantitative estimate of drug-likeness (QED) is 0.746. The van der Waals surface area contributed by atoms with Crippen LogP contribution in [-0.2, 0) is 13.6 Å². The van der Waals surface area contributed by atoms with Crippen molar-refractivity contribution >= 4 is 11.5 Å². The average molecular weight is 362 g/mol. The lowest BCUT2D eigenvalue weighted by Crippen LogP contribution is -2.23. The minimum atomic E-state index is 0.371. The van der Waals surface area contributed by atoms with Crippen molar-refractivity contribution in [3.63, 3.8) is 0 Å². The van der Waals surface area contributed by atoms with Crippen LogP contribution in [0, 0.1) is 13.8 Å². The van der Waals surface area contributed by atoms with E-state index in [1.165, 1.54) is 17.7 Å². The molecule has 4 heterocycles. The van der Waals surface area contributed by atoms with Crippen molar-refractivity contribution in [1.29, 1.82) is 0 Å². The van der Waals surface area contributed by atoms with Crippen molar-refractivity contribution in [2.24, 2.45) is 7.05 Å². The van der Waals surface area contributed by atoms with E-state index in [1.54, 1.807) is 0 Å². The zero-order valence-electron chi connectivity index (χ0n) is 16.2. The molecule has 1 N–H and O–H groups in total. The highest BCUT2D eigenvalue weighted by Gasteiger charge is 2.27. The molecule has 3 aromatic rings. The summed E-state index contributed by atoms with van der Waals surface area (Å²) in [7, 11) is 2.00. The number of nitrogens with one attached hydrogen (secondary N) is 1. The van der Waals surface area contributed by atoms with E-state index in [1.807, 2.05) is 49.2 Å². The van der Waals surface area contributed by atoms with Crippen LogP contribution in [0.3, 0.4) is 0 Å². The molecule has 0 amide bonds. The molecule has 1 aliphatic rings. The molecular weight excluding hydrogens is 336 g/mol. The van der Waals surface area contributed by atoms with Crippen LogP contribution in [0.2, 0.25) is 0 Å². The van der Waals surface area contributed by atoms with Crippen LogP contribution >= 0.6 is 0 Å². The van der Waals surface area contributed by atoms with Crippen LogP contribution in [0.5, 0.6) is 0 Å². The summed E-state index contributed by atoms with van der Waals surface area (Å²) in [6, 6.07) is 10.6. The first-order valence-electron chi connectivity index (χ1n) is 9.48. The lowest BCUT2D eigenvalue weighted by atomic mass is 10.1. The van der Waals surface area contributed by atoms with Gasteiger partial charge in [-0.3, -0.25) is 14.6 Å². The summed E-state index contributed by atoms with van der Waals surface area (Å²) < 4.78 is 1.94. The van der Waals surface area contributed by atoms with Crippen LogP contribution in [0.1, 0.15) is 41.5 Å². The van der Waals surface area contributed by atoms with E-state index in [2.05, 4.69) is 39.4 Å². The maximum Gasteiger partial charge on any atom is 0.130 e. The van der Waals surface area contributed by atoms with Crippen molar-refractivity contribution in [3.8, 4) is 0 Å². The number of hydrogen-bond acceptors (Lipinski definition) is 5. The van der Waals surface area contributed by atoms with Crippen molar-refractivity contribution in [2.75, 3.05) is 11.9 Å². The fraction of sp³-hybridized carbons (Fsp3) is 0.381. The average Bonchev–Trinajstić information content (AvgIpc) is 3.25. The van der Waals surface area contributed by atoms with Crippen molar-refractivity contribution in [3.05, 3.63) is 65.4 Å². The summed E-state index contributed by atoms with van der Waals surface area (Å²) in [4.78, 5) is 11.7. The predicted molar refractivity (Wildman–Crippen MR) is 107 cm³/mol. The monoisotopic (exact) mass is 362 g/mol. The summed E-state index contributed by atoms with van der Waals surface area (Å²) in [5, 5.41) is 7.70. The van der Waals surface area contributed by atoms with Crippen molar-refractivity contribution in [1.82, 2.24) is 24.6 Å². The van der Waals surface area contributed by atoms with Crippen LogP contribution in [0.4, 0.5) is 11.5 Å². The molecule has 27 heavy (non-hydrogen) atoms. The highest BCUT2D eigenvalue weighted by molar-refractivity contribution is 5.55. The van der Waals surface area contributed by atoms with Crippen LogP contribution in [0.15, 0.2) is 42.7 Å². The Hall–Kier alpha value is -2.73. The van der Waals surface area contributed by atoms with E-state index in [4.69, 9.17) is 4.98 Å². The minimum Gasteiger partial charge on any atom is -0.339 e. The Morgan fingerprint density at radius 2 is 2.04 bits per heavy atom. The second kappa shape index (κ2) is 7.48. The number of anilines is 2. The largest absolute Gasteiger partial charge is 0.339 e. The first-order chi connectivity index (χ1) is 13.1. The van der Waals surface area contributed by atoms with E-state index in [-0.39, 0.29) is 0 Å². The van der Waals surface area contributed by atoms with E-state index in [0.29, 0.717) is 6.04 Å². The number of nitrogens with zero attached hydrogens (tertiary/aromatic N) is 5. The summed E-state index contributed by atoms with van der Waals surface area (Å²) in [5.41, 5.74) is 5.63. The van der Waals surface area contributed by atoms with Crippen LogP contribution in [0.25, 0.3) is 0 Å². The maximum atomic E-state index is 4.75. The van der Waals surface area contributed by atoms with Gasteiger partial charge in [0.25, 0.3) is 0 Å². The minimum absolute atomic E-state index is 0.371. The molecule has 0 bridgehead atoms. The Bertz CT molecular complexity index is 915. The topological polar surface area (TPSA) is 58.9 Å². The fourth-order valence-corrected chi connectivity index (χ4v) is 3.71. The third-order valence-corrected chi connectivity index (χ3v) is 5.36. The SMILES string of the molecule is Cc1cccc(Nc2ccc([C@H]3CCCN3Cc3cnn(C)c3C)nc2)n1. The second-order valence-electron chi connectivity index (χ2n) is 7.27. The Balaban J connectivity index is 1.46. The molecule has 4 rings (SSSR count). The van der Waals surface area contributed by atoms with Gasteiger partial charge in [0.15, 0.2) is 0 Å². The van der Waals surface area contributed by atoms with Gasteiger partial charge in [0, 0.05) is 30.5 Å². The normalized spacial score (nSPS) is 17.4. The molecule has 6 heteroatoms. The maximum absolute atomic E-state index is 4.75. The molecule has 0 aliphatic carbocycles. The molecular formula is C21H26N6. The number of pyridine rings is 2. The van der Waals surface area contributed by atoms with Crippen molar-refractivity contribution in [2.45, 2.75) is 39.3 Å². The molecule has 0 radical (unpaired) electrons. The van der Waals surface area contributed by atoms with E-state index >= 15 is 0 Å². The van der Waals surface area contributed by atoms with Gasteiger partial charge in [0.1, 0.15) is 5.82 Å². The lowest BCUT2D eigenvalue weighted by Gasteiger charge is -2.24. The highest BCUT2D eigenvalue weighted by atomic mass is 15.3. The van der Waals surface area contributed by atoms with E-state index in [9.17, 15) is 0 Å². The summed E-state index contributed by atoms with van der Waals surface area (Å²) in [5.74, 6) is 0.846. The fourth-order valence-electron chi connectivity index (χ4n) is 3.71. The predicted octanol–water partition coefficient (Wildman–Crippen LogP) is 3.91. The first-order valence-corrected chi connectivity index (χ1v) is 9.48. The Kier molecular flexibility index (Phi) is 4.90. The molecule has 1 aliphatic heterocycles. The second-order valence-corrected chi connectivity index (χ2v) is 7.27. The summed E-state index contributed by atoms with van der Waals surface area (Å²) >= 11 is 0. The molecule has 0 unspecified atom stereocenters. The third-order valence-electron chi connectivity index (χ3n) is 5.36. The molecule has 140 valence electrons. The Labute approximate surface area is 160 Å². The molecule has 3 aromatic heterocycles. The molecule has 0 aromatic carbocycles. The Morgan fingerprint density at radius 1 is 1.15 bits per heavy atom. The van der Waals surface area contributed by atoms with Gasteiger partial charge in [0.05, 0.1) is 29.8 Å². The third kappa shape index (κ3) is 3.85. The zero-order chi connectivity index (χ0) is 18.8. The molecule has 1 fully saturated rings. The number of aromatic nitrogens is 4. The number of hydrogen-bond donors (Lipinski definition) is 1. The van der Waals surface area contributed by atoms with E-state index in [0.717, 1.165) is 42.4 Å². The Morgan fingerprint density at radius 3 is 2.74 bits per heavy atom. The molecule has 0 saturated carbocycles. The number of rotatable bonds is 5. The van der Waals surface area contributed by atoms with Gasteiger partial charge in [-0.2, -0.15) is 5.10 Å². The lowest BCUT2D eigenvalue weighted by molar-refractivity contribution is 0.244. The molecule has 1 saturated heterocycles. The van der Waals surface area contributed by atoms with Crippen molar-refractivity contribution < 1.29 is 0 Å². The standard InChI is InChI=1S/C21H26N6/c1-15-6-4-8-21(24-15)25-18-9-10-19(22-13-18)20-7-5-11-27(20)14-17-12-23-26(3)16(17)2/h4,6,8-10,12-13,20H,5,7,11,14H2,1-3H3,(H,24,25)/t20-/m1/s1. The zero-order valence-corrected chi connectivity index (χ0v) is 16.2. The van der Waals surface area contributed by atoms with Gasteiger partial charge in [0.2, 0.25) is 0 Å². The van der Waals surface area contributed by atoms with Gasteiger partial charge in [-0.25, -0.2) is 4.98 Å². The molecule has 1 atom stereocenters. The van der Waals surface area contributed by atoms with Gasteiger partial charge in [-0.15, -0.1) is 0 Å². The molecule has 0 spiro atoms. The number of likely N-dealkylation sites (tertiary alicyclic amines) is 1. The van der Waals surface area contributed by atoms with Gasteiger partial charge in [-0.05, 0) is 57.5 Å². The van der Waals surface area contributed by atoms with Gasteiger partial charge < -0.3 is 5.32 Å². The highest BCUT2D eigenvalue weighted by Crippen LogP contribution is 2.33. The summed E-state index contributed by atoms with van der Waals surface area (Å²) in [6.07, 6.45) is 6.25. The van der Waals surface area contributed by atoms with Crippen LogP contribution < -0.4 is 5.32 Å². The molecule has 6 nitrogen and oxygen atoms in total. The van der Waals surface area contributed by atoms with Crippen LogP contribution in [-0.4, -0.2) is 31.2 Å². The number of aryl methyl sites for hydroxylation is 2. The van der Waals surface area contributed by atoms with E-state index < -0.39 is 0 Å². The van der Waals surface area contributed by atoms with Gasteiger partial charge in [-0.1, -0.05) is 6.07 Å². The smallest absolute Gasteiger partial charge is 0.130 e.